The van der Waals surface area contributed by atoms with Gasteiger partial charge in [0.15, 0.2) is 0 Å². The smallest absolute Gasteiger partial charge is 0.276 e. The zero-order valence-corrected chi connectivity index (χ0v) is 18.3. The van der Waals surface area contributed by atoms with E-state index in [9.17, 15) is 0 Å². The van der Waals surface area contributed by atoms with E-state index >= 15 is 0 Å². The van der Waals surface area contributed by atoms with Gasteiger partial charge in [-0.1, -0.05) is 49.9 Å². The van der Waals surface area contributed by atoms with Crippen LogP contribution in [-0.4, -0.2) is 20.2 Å². The van der Waals surface area contributed by atoms with Gasteiger partial charge in [0, 0.05) is 22.1 Å². The molecular weight excluding hydrogens is 408 g/mol. The predicted octanol–water partition coefficient (Wildman–Crippen LogP) is 5.96. The van der Waals surface area contributed by atoms with E-state index in [-0.39, 0.29) is 0 Å². The van der Waals surface area contributed by atoms with Crippen LogP contribution in [-0.2, 0) is 12.2 Å². The number of benzene rings is 1. The Morgan fingerprint density at radius 3 is 2.50 bits per heavy atom. The minimum atomic E-state index is 0.538. The summed E-state index contributed by atoms with van der Waals surface area (Å²) in [6.07, 6.45) is 0.575. The highest BCUT2D eigenvalue weighted by Gasteiger charge is 2.11. The topological polar surface area (TPSA) is 64.7 Å². The molecule has 4 rings (SSSR count). The minimum Gasteiger partial charge on any atom is -0.416 e. The van der Waals surface area contributed by atoms with Gasteiger partial charge in [0.2, 0.25) is 5.89 Å². The molecule has 8 heteroatoms. The summed E-state index contributed by atoms with van der Waals surface area (Å²) in [4.78, 5) is 9.18. The van der Waals surface area contributed by atoms with E-state index in [0.717, 1.165) is 27.0 Å². The molecule has 0 radical (unpaired) electrons. The predicted molar refractivity (Wildman–Crippen MR) is 115 cm³/mol. The molecule has 0 saturated carbocycles. The normalized spacial score (nSPS) is 11.4. The molecule has 144 valence electrons. The Labute approximate surface area is 176 Å². The second-order valence-electron chi connectivity index (χ2n) is 6.71. The maximum absolute atomic E-state index is 5.73. The molecule has 0 spiro atoms. The van der Waals surface area contributed by atoms with Crippen molar-refractivity contribution in [3.8, 4) is 10.6 Å². The van der Waals surface area contributed by atoms with E-state index in [1.165, 1.54) is 17.3 Å². The average molecular weight is 429 g/mol. The molecule has 0 aliphatic heterocycles. The first-order valence-corrected chi connectivity index (χ1v) is 11.7. The monoisotopic (exact) mass is 428 g/mol. The quantitative estimate of drug-likeness (QED) is 0.338. The molecule has 0 aliphatic rings. The van der Waals surface area contributed by atoms with Crippen LogP contribution in [0.15, 0.2) is 44.7 Å². The molecule has 0 saturated heterocycles. The van der Waals surface area contributed by atoms with Gasteiger partial charge in [-0.3, -0.25) is 0 Å². The van der Waals surface area contributed by atoms with Gasteiger partial charge >= 0.3 is 0 Å². The van der Waals surface area contributed by atoms with Crippen molar-refractivity contribution in [1.82, 2.24) is 20.2 Å². The van der Waals surface area contributed by atoms with Gasteiger partial charge in [0.05, 0.1) is 22.8 Å². The Hall–Kier alpha value is -2.03. The van der Waals surface area contributed by atoms with Crippen molar-refractivity contribution in [2.45, 2.75) is 44.1 Å². The lowest BCUT2D eigenvalue weighted by Crippen LogP contribution is -1.88. The largest absolute Gasteiger partial charge is 0.416 e. The molecule has 0 atom stereocenters. The summed E-state index contributed by atoms with van der Waals surface area (Å²) in [6.45, 7) is 6.40. The maximum atomic E-state index is 5.73. The third kappa shape index (κ3) is 4.68. The van der Waals surface area contributed by atoms with E-state index in [4.69, 9.17) is 9.40 Å². The summed E-state index contributed by atoms with van der Waals surface area (Å²) in [7, 11) is 0. The summed E-state index contributed by atoms with van der Waals surface area (Å²) in [6, 6.07) is 8.66. The minimum absolute atomic E-state index is 0.538. The van der Waals surface area contributed by atoms with E-state index < -0.39 is 0 Å². The van der Waals surface area contributed by atoms with Crippen LogP contribution in [0.1, 0.15) is 47.6 Å². The SMILES string of the molecule is Cc1nc(Cc2nnc(SCc3csc(-c4ccc(C(C)C)cc4)n3)o2)cs1. The van der Waals surface area contributed by atoms with Gasteiger partial charge in [-0.15, -0.1) is 32.9 Å². The van der Waals surface area contributed by atoms with Crippen LogP contribution >= 0.6 is 34.4 Å². The van der Waals surface area contributed by atoms with Crippen molar-refractivity contribution in [2.75, 3.05) is 0 Å². The number of rotatable bonds is 7. The van der Waals surface area contributed by atoms with Gasteiger partial charge in [0.25, 0.3) is 5.22 Å². The molecule has 5 nitrogen and oxygen atoms in total. The fourth-order valence-corrected chi connectivity index (χ4v) is 4.88. The van der Waals surface area contributed by atoms with Crippen LogP contribution in [0.3, 0.4) is 0 Å². The fourth-order valence-electron chi connectivity index (χ4n) is 2.66. The molecule has 0 N–H and O–H groups in total. The Kier molecular flexibility index (Phi) is 5.89. The second-order valence-corrected chi connectivity index (χ2v) is 9.55. The summed E-state index contributed by atoms with van der Waals surface area (Å²) in [5, 5.41) is 15.0. The Morgan fingerprint density at radius 1 is 1.00 bits per heavy atom. The number of aryl methyl sites for hydroxylation is 1. The van der Waals surface area contributed by atoms with Crippen LogP contribution in [0, 0.1) is 6.92 Å². The zero-order chi connectivity index (χ0) is 19.5. The van der Waals surface area contributed by atoms with Gasteiger partial charge < -0.3 is 4.42 Å². The molecule has 3 aromatic heterocycles. The molecule has 1 aromatic carbocycles. The number of aromatic nitrogens is 4. The molecule has 0 unspecified atom stereocenters. The molecule has 0 fully saturated rings. The zero-order valence-electron chi connectivity index (χ0n) is 15.9. The Bertz CT molecular complexity index is 1050. The molecule has 3 heterocycles. The third-order valence-electron chi connectivity index (χ3n) is 4.17. The Morgan fingerprint density at radius 2 is 1.79 bits per heavy atom. The van der Waals surface area contributed by atoms with E-state index in [2.05, 4.69) is 58.7 Å². The lowest BCUT2D eigenvalue weighted by atomic mass is 10.0. The van der Waals surface area contributed by atoms with E-state index in [0.29, 0.717) is 29.2 Å². The maximum Gasteiger partial charge on any atom is 0.276 e. The number of thioether (sulfide) groups is 1. The van der Waals surface area contributed by atoms with Crippen LogP contribution in [0.25, 0.3) is 10.6 Å². The van der Waals surface area contributed by atoms with Crippen LogP contribution in [0.5, 0.6) is 0 Å². The van der Waals surface area contributed by atoms with Gasteiger partial charge in [0.1, 0.15) is 5.01 Å². The lowest BCUT2D eigenvalue weighted by Gasteiger charge is -2.05. The van der Waals surface area contributed by atoms with Crippen LogP contribution < -0.4 is 0 Å². The number of hydrogen-bond donors (Lipinski definition) is 0. The van der Waals surface area contributed by atoms with Gasteiger partial charge in [-0.2, -0.15) is 0 Å². The summed E-state index contributed by atoms with van der Waals surface area (Å²) in [5.41, 5.74) is 4.49. The molecule has 4 aromatic rings. The van der Waals surface area contributed by atoms with E-state index in [1.54, 1.807) is 22.7 Å². The molecule has 0 amide bonds. The van der Waals surface area contributed by atoms with Crippen molar-refractivity contribution in [3.05, 3.63) is 62.9 Å². The van der Waals surface area contributed by atoms with E-state index in [1.807, 2.05) is 12.3 Å². The summed E-state index contributed by atoms with van der Waals surface area (Å²) >= 11 is 4.80. The third-order valence-corrected chi connectivity index (χ3v) is 6.78. The summed E-state index contributed by atoms with van der Waals surface area (Å²) in [5.74, 6) is 1.84. The molecule has 0 aliphatic carbocycles. The first kappa shape index (κ1) is 19.3. The lowest BCUT2D eigenvalue weighted by molar-refractivity contribution is 0.419. The number of hydrogen-bond acceptors (Lipinski definition) is 8. The van der Waals surface area contributed by atoms with Crippen molar-refractivity contribution >= 4 is 34.4 Å². The average Bonchev–Trinajstić information content (AvgIpc) is 3.42. The summed E-state index contributed by atoms with van der Waals surface area (Å²) < 4.78 is 5.73. The highest BCUT2D eigenvalue weighted by atomic mass is 32.2. The van der Waals surface area contributed by atoms with Crippen molar-refractivity contribution in [1.29, 1.82) is 0 Å². The fraction of sp³-hybridized carbons (Fsp3) is 0.300. The second kappa shape index (κ2) is 8.55. The first-order chi connectivity index (χ1) is 13.6. The van der Waals surface area contributed by atoms with Gasteiger partial charge in [-0.05, 0) is 18.4 Å². The highest BCUT2D eigenvalue weighted by Crippen LogP contribution is 2.29. The van der Waals surface area contributed by atoms with Crippen molar-refractivity contribution < 1.29 is 4.42 Å². The number of nitrogens with zero attached hydrogens (tertiary/aromatic N) is 4. The highest BCUT2D eigenvalue weighted by molar-refractivity contribution is 7.98. The van der Waals surface area contributed by atoms with Gasteiger partial charge in [-0.25, -0.2) is 9.97 Å². The number of thiazole rings is 2. The van der Waals surface area contributed by atoms with Crippen molar-refractivity contribution in [2.24, 2.45) is 0 Å². The first-order valence-electron chi connectivity index (χ1n) is 8.98. The van der Waals surface area contributed by atoms with Crippen LogP contribution in [0.2, 0.25) is 0 Å². The standard InChI is InChI=1S/C20H20N4OS3/c1-12(2)14-4-6-15(7-5-14)19-22-17(10-27-19)11-28-20-24-23-18(25-20)8-16-9-26-13(3)21-16/h4-7,9-10,12H,8,11H2,1-3H3. The Balaban J connectivity index is 1.35. The molecule has 0 bridgehead atoms. The van der Waals surface area contributed by atoms with Crippen molar-refractivity contribution in [3.63, 3.8) is 0 Å². The molecular formula is C20H20N4OS3. The molecule has 28 heavy (non-hydrogen) atoms. The van der Waals surface area contributed by atoms with Crippen LogP contribution in [0.4, 0.5) is 0 Å².